The first-order valence-corrected chi connectivity index (χ1v) is 11.1. The summed E-state index contributed by atoms with van der Waals surface area (Å²) < 4.78 is 0. The van der Waals surface area contributed by atoms with Gasteiger partial charge in [0, 0.05) is 44.8 Å². The van der Waals surface area contributed by atoms with Gasteiger partial charge in [0.1, 0.15) is 0 Å². The smallest absolute Gasteiger partial charge is 0.253 e. The molecular formula is C25H27N5O. The summed E-state index contributed by atoms with van der Waals surface area (Å²) in [4.78, 5) is 19.4. The molecule has 2 aliphatic rings. The Morgan fingerprint density at radius 2 is 1.16 bits per heavy atom. The molecular weight excluding hydrogens is 386 g/mol. The Bertz CT molecular complexity index is 1010. The number of carbonyl (C=O) groups is 1. The Morgan fingerprint density at radius 1 is 0.613 bits per heavy atom. The number of amides is 1. The molecule has 0 spiro atoms. The summed E-state index contributed by atoms with van der Waals surface area (Å²) in [5.41, 5.74) is 3.02. The minimum atomic E-state index is 0.0923. The van der Waals surface area contributed by atoms with E-state index in [9.17, 15) is 4.79 Å². The van der Waals surface area contributed by atoms with Crippen LogP contribution in [0.1, 0.15) is 23.2 Å². The SMILES string of the molecule is O=C(c1ccc(-c2ccccc2)cc1)N1CCN(c2ccc(N3CCCC3)nn2)CC1. The van der Waals surface area contributed by atoms with E-state index in [0.717, 1.165) is 54.5 Å². The first kappa shape index (κ1) is 19.5. The van der Waals surface area contributed by atoms with Crippen LogP contribution in [-0.4, -0.2) is 60.3 Å². The molecule has 158 valence electrons. The lowest BCUT2D eigenvalue weighted by atomic mass is 10.0. The summed E-state index contributed by atoms with van der Waals surface area (Å²) >= 11 is 0. The van der Waals surface area contributed by atoms with Gasteiger partial charge >= 0.3 is 0 Å². The lowest BCUT2D eigenvalue weighted by molar-refractivity contribution is 0.0746. The number of anilines is 2. The van der Waals surface area contributed by atoms with Crippen LogP contribution in [0.4, 0.5) is 11.6 Å². The minimum Gasteiger partial charge on any atom is -0.355 e. The molecule has 6 heteroatoms. The van der Waals surface area contributed by atoms with E-state index in [2.05, 4.69) is 44.3 Å². The summed E-state index contributed by atoms with van der Waals surface area (Å²) in [6.07, 6.45) is 2.46. The van der Waals surface area contributed by atoms with E-state index in [-0.39, 0.29) is 5.91 Å². The lowest BCUT2D eigenvalue weighted by Crippen LogP contribution is -2.49. The van der Waals surface area contributed by atoms with Crippen molar-refractivity contribution in [3.05, 3.63) is 72.3 Å². The average Bonchev–Trinajstić information content (AvgIpc) is 3.40. The normalized spacial score (nSPS) is 16.6. The van der Waals surface area contributed by atoms with Gasteiger partial charge < -0.3 is 14.7 Å². The third-order valence-corrected chi connectivity index (χ3v) is 6.20. The molecule has 3 heterocycles. The molecule has 2 aromatic carbocycles. The summed E-state index contributed by atoms with van der Waals surface area (Å²) in [7, 11) is 0. The number of rotatable bonds is 4. The number of aromatic nitrogens is 2. The van der Waals surface area contributed by atoms with Crippen LogP contribution in [0.25, 0.3) is 11.1 Å². The summed E-state index contributed by atoms with van der Waals surface area (Å²) in [6.45, 7) is 5.06. The molecule has 0 N–H and O–H groups in total. The minimum absolute atomic E-state index is 0.0923. The van der Waals surface area contributed by atoms with Gasteiger partial charge in [-0.3, -0.25) is 4.79 Å². The third kappa shape index (κ3) is 4.24. The molecule has 0 saturated carbocycles. The number of hydrogen-bond acceptors (Lipinski definition) is 5. The standard InChI is InChI=1S/C25H27N5O/c31-25(22-10-8-21(9-11-22)20-6-2-1-3-7-20)30-18-16-29(17-19-30)24-13-12-23(26-27-24)28-14-4-5-15-28/h1-3,6-13H,4-5,14-19H2. The molecule has 5 rings (SSSR count). The topological polar surface area (TPSA) is 52.6 Å². The molecule has 2 fully saturated rings. The molecule has 1 aromatic heterocycles. The van der Waals surface area contributed by atoms with Gasteiger partial charge in [0.25, 0.3) is 5.91 Å². The van der Waals surface area contributed by atoms with Crippen molar-refractivity contribution < 1.29 is 4.79 Å². The van der Waals surface area contributed by atoms with Crippen LogP contribution in [0, 0.1) is 0 Å². The van der Waals surface area contributed by atoms with Crippen molar-refractivity contribution in [3.8, 4) is 11.1 Å². The molecule has 6 nitrogen and oxygen atoms in total. The first-order valence-electron chi connectivity index (χ1n) is 11.1. The summed E-state index contributed by atoms with van der Waals surface area (Å²) in [5.74, 6) is 1.95. The maximum atomic E-state index is 13.0. The molecule has 31 heavy (non-hydrogen) atoms. The van der Waals surface area contributed by atoms with Crippen molar-refractivity contribution in [2.75, 3.05) is 49.1 Å². The quantitative estimate of drug-likeness (QED) is 0.653. The Hall–Kier alpha value is -3.41. The van der Waals surface area contributed by atoms with E-state index < -0.39 is 0 Å². The van der Waals surface area contributed by atoms with Crippen molar-refractivity contribution in [3.63, 3.8) is 0 Å². The lowest BCUT2D eigenvalue weighted by Gasteiger charge is -2.35. The van der Waals surface area contributed by atoms with Gasteiger partial charge in [-0.25, -0.2) is 0 Å². The predicted molar refractivity (Wildman–Crippen MR) is 123 cm³/mol. The number of nitrogens with zero attached hydrogens (tertiary/aromatic N) is 5. The van der Waals surface area contributed by atoms with E-state index in [1.807, 2.05) is 47.4 Å². The molecule has 1 amide bonds. The van der Waals surface area contributed by atoms with E-state index in [1.54, 1.807) is 0 Å². The van der Waals surface area contributed by atoms with Crippen molar-refractivity contribution >= 4 is 17.5 Å². The van der Waals surface area contributed by atoms with Crippen LogP contribution in [0.3, 0.4) is 0 Å². The molecule has 0 aliphatic carbocycles. The molecule has 2 saturated heterocycles. The highest BCUT2D eigenvalue weighted by molar-refractivity contribution is 5.95. The zero-order valence-electron chi connectivity index (χ0n) is 17.7. The van der Waals surface area contributed by atoms with Crippen LogP contribution in [0.2, 0.25) is 0 Å². The highest BCUT2D eigenvalue weighted by Crippen LogP contribution is 2.22. The maximum absolute atomic E-state index is 13.0. The zero-order valence-corrected chi connectivity index (χ0v) is 17.7. The second kappa shape index (κ2) is 8.76. The average molecular weight is 414 g/mol. The fraction of sp³-hybridized carbons (Fsp3) is 0.320. The van der Waals surface area contributed by atoms with Crippen molar-refractivity contribution in [2.24, 2.45) is 0 Å². The molecule has 2 aliphatic heterocycles. The molecule has 3 aromatic rings. The number of benzene rings is 2. The van der Waals surface area contributed by atoms with Gasteiger partial charge in [-0.2, -0.15) is 0 Å². The number of piperazine rings is 1. The van der Waals surface area contributed by atoms with Crippen molar-refractivity contribution in [2.45, 2.75) is 12.8 Å². The van der Waals surface area contributed by atoms with E-state index in [1.165, 1.54) is 12.8 Å². The highest BCUT2D eigenvalue weighted by Gasteiger charge is 2.23. The monoisotopic (exact) mass is 413 g/mol. The first-order chi connectivity index (χ1) is 15.3. The van der Waals surface area contributed by atoms with Crippen LogP contribution < -0.4 is 9.80 Å². The van der Waals surface area contributed by atoms with Gasteiger partial charge in [0.15, 0.2) is 11.6 Å². The Morgan fingerprint density at radius 3 is 1.74 bits per heavy atom. The Balaban J connectivity index is 1.19. The fourth-order valence-electron chi connectivity index (χ4n) is 4.36. The Kier molecular flexibility index (Phi) is 5.52. The van der Waals surface area contributed by atoms with Gasteiger partial charge in [0.2, 0.25) is 0 Å². The Labute approximate surface area is 183 Å². The van der Waals surface area contributed by atoms with E-state index >= 15 is 0 Å². The molecule has 0 atom stereocenters. The largest absolute Gasteiger partial charge is 0.355 e. The predicted octanol–water partition coefficient (Wildman–Crippen LogP) is 3.71. The van der Waals surface area contributed by atoms with Gasteiger partial charge in [-0.1, -0.05) is 42.5 Å². The third-order valence-electron chi connectivity index (χ3n) is 6.20. The van der Waals surface area contributed by atoms with Crippen LogP contribution in [0.5, 0.6) is 0 Å². The van der Waals surface area contributed by atoms with Crippen LogP contribution in [0.15, 0.2) is 66.7 Å². The van der Waals surface area contributed by atoms with Crippen LogP contribution in [-0.2, 0) is 0 Å². The van der Waals surface area contributed by atoms with E-state index in [4.69, 9.17) is 0 Å². The fourth-order valence-corrected chi connectivity index (χ4v) is 4.36. The van der Waals surface area contributed by atoms with E-state index in [0.29, 0.717) is 13.1 Å². The summed E-state index contributed by atoms with van der Waals surface area (Å²) in [5, 5.41) is 8.87. The summed E-state index contributed by atoms with van der Waals surface area (Å²) in [6, 6.07) is 22.3. The van der Waals surface area contributed by atoms with Gasteiger partial charge in [0.05, 0.1) is 0 Å². The van der Waals surface area contributed by atoms with Crippen LogP contribution >= 0.6 is 0 Å². The number of hydrogen-bond donors (Lipinski definition) is 0. The van der Waals surface area contributed by atoms with Gasteiger partial charge in [-0.15, -0.1) is 10.2 Å². The molecule has 0 radical (unpaired) electrons. The second-order valence-electron chi connectivity index (χ2n) is 8.17. The number of carbonyl (C=O) groups excluding carboxylic acids is 1. The van der Waals surface area contributed by atoms with Gasteiger partial charge in [-0.05, 0) is 48.2 Å². The zero-order chi connectivity index (χ0) is 21.0. The van der Waals surface area contributed by atoms with Crippen molar-refractivity contribution in [1.82, 2.24) is 15.1 Å². The molecule has 0 unspecified atom stereocenters. The second-order valence-corrected chi connectivity index (χ2v) is 8.17. The maximum Gasteiger partial charge on any atom is 0.253 e. The highest BCUT2D eigenvalue weighted by atomic mass is 16.2. The molecule has 0 bridgehead atoms. The van der Waals surface area contributed by atoms with Crippen molar-refractivity contribution in [1.29, 1.82) is 0 Å².